The monoisotopic (exact) mass is 554 g/mol. The zero-order valence-corrected chi connectivity index (χ0v) is 25.3. The number of ketones is 2. The summed E-state index contributed by atoms with van der Waals surface area (Å²) in [5.41, 5.74) is -1.98. The van der Waals surface area contributed by atoms with Crippen LogP contribution >= 0.6 is 0 Å². The predicted octanol–water partition coefficient (Wildman–Crippen LogP) is 6.73. The van der Waals surface area contributed by atoms with Crippen LogP contribution in [0.15, 0.2) is 23.3 Å². The Balaban J connectivity index is 1.67. The van der Waals surface area contributed by atoms with Crippen LogP contribution in [0.4, 0.5) is 8.78 Å². The first-order valence-electron chi connectivity index (χ1n) is 14.8. The molecule has 218 valence electrons. The number of allylic oxidation sites excluding steroid dienone is 4. The van der Waals surface area contributed by atoms with Gasteiger partial charge in [0.25, 0.3) is 5.91 Å². The van der Waals surface area contributed by atoms with Gasteiger partial charge in [-0.2, -0.15) is 14.0 Å². The van der Waals surface area contributed by atoms with Gasteiger partial charge in [0.15, 0.2) is 11.6 Å². The van der Waals surface area contributed by atoms with Gasteiger partial charge in [-0.25, -0.2) is 0 Å². The summed E-state index contributed by atoms with van der Waals surface area (Å²) in [4.78, 5) is 40.3. The molecular formula is C33H44F2N2O3. The number of hydrogen-bond donors (Lipinski definition) is 1. The first-order chi connectivity index (χ1) is 18.2. The minimum atomic E-state index is -3.49. The van der Waals surface area contributed by atoms with Crippen LogP contribution in [-0.4, -0.2) is 28.9 Å². The van der Waals surface area contributed by atoms with Gasteiger partial charge in [0.05, 0.1) is 5.57 Å². The molecule has 3 fully saturated rings. The minimum absolute atomic E-state index is 0.0113. The number of hydrogen-bond acceptors (Lipinski definition) is 4. The summed E-state index contributed by atoms with van der Waals surface area (Å²) in [6, 6.07) is 2.13. The van der Waals surface area contributed by atoms with E-state index in [1.807, 2.05) is 19.9 Å². The molecule has 5 aliphatic rings. The summed E-state index contributed by atoms with van der Waals surface area (Å²) in [6.07, 6.45) is 8.42. The summed E-state index contributed by atoms with van der Waals surface area (Å²) < 4.78 is 28.3. The van der Waals surface area contributed by atoms with E-state index >= 15 is 0 Å². The molecule has 3 saturated carbocycles. The number of nitrogens with one attached hydrogen (secondary N) is 1. The topological polar surface area (TPSA) is 87.0 Å². The summed E-state index contributed by atoms with van der Waals surface area (Å²) in [7, 11) is 0. The van der Waals surface area contributed by atoms with Crippen molar-refractivity contribution in [3.8, 4) is 6.07 Å². The van der Waals surface area contributed by atoms with Crippen LogP contribution in [-0.2, 0) is 14.4 Å². The van der Waals surface area contributed by atoms with Crippen molar-refractivity contribution in [2.24, 2.45) is 44.8 Å². The summed E-state index contributed by atoms with van der Waals surface area (Å²) in [5, 5.41) is 12.7. The Morgan fingerprint density at radius 1 is 1.02 bits per heavy atom. The summed E-state index contributed by atoms with van der Waals surface area (Å²) >= 11 is 0. The molecule has 0 aromatic rings. The Labute approximate surface area is 237 Å². The number of rotatable bonds is 2. The van der Waals surface area contributed by atoms with Crippen molar-refractivity contribution < 1.29 is 23.2 Å². The van der Waals surface area contributed by atoms with Gasteiger partial charge < -0.3 is 5.32 Å². The first-order valence-corrected chi connectivity index (χ1v) is 14.8. The first kappa shape index (κ1) is 29.1. The Hall–Kier alpha value is -2.36. The van der Waals surface area contributed by atoms with Crippen LogP contribution in [0.1, 0.15) is 100 Å². The number of carbonyl (C=O) groups excluding carboxylic acids is 3. The van der Waals surface area contributed by atoms with Gasteiger partial charge in [0.1, 0.15) is 6.07 Å². The van der Waals surface area contributed by atoms with Gasteiger partial charge in [-0.1, -0.05) is 60.1 Å². The fourth-order valence-corrected chi connectivity index (χ4v) is 10.2. The second-order valence-electron chi connectivity index (χ2n) is 15.8. The van der Waals surface area contributed by atoms with Crippen molar-refractivity contribution in [1.29, 1.82) is 5.26 Å². The Kier molecular flexibility index (Phi) is 6.09. The Morgan fingerprint density at radius 3 is 2.25 bits per heavy atom. The maximum atomic E-state index is 14.4. The minimum Gasteiger partial charge on any atom is -0.345 e. The molecule has 0 saturated heterocycles. The largest absolute Gasteiger partial charge is 0.345 e. The van der Waals surface area contributed by atoms with Gasteiger partial charge in [0.2, 0.25) is 0 Å². The van der Waals surface area contributed by atoms with Gasteiger partial charge in [-0.05, 0) is 79.1 Å². The molecule has 1 amide bonds. The second-order valence-corrected chi connectivity index (χ2v) is 15.8. The number of nitriles is 1. The van der Waals surface area contributed by atoms with Crippen molar-refractivity contribution >= 4 is 17.5 Å². The zero-order valence-electron chi connectivity index (χ0n) is 25.3. The predicted molar refractivity (Wildman–Crippen MR) is 148 cm³/mol. The van der Waals surface area contributed by atoms with Crippen LogP contribution in [0.2, 0.25) is 0 Å². The van der Waals surface area contributed by atoms with Crippen molar-refractivity contribution in [2.45, 2.75) is 112 Å². The molecule has 0 heterocycles. The van der Waals surface area contributed by atoms with Crippen LogP contribution < -0.4 is 5.32 Å². The lowest BCUT2D eigenvalue weighted by Gasteiger charge is -2.69. The number of halogens is 2. The van der Waals surface area contributed by atoms with Crippen molar-refractivity contribution in [3.63, 3.8) is 0 Å². The third-order valence-corrected chi connectivity index (χ3v) is 12.6. The zero-order chi connectivity index (χ0) is 29.9. The molecule has 0 aromatic carbocycles. The quantitative estimate of drug-likeness (QED) is 0.410. The molecule has 0 spiro atoms. The molecule has 0 bridgehead atoms. The van der Waals surface area contributed by atoms with Crippen LogP contribution in [0.25, 0.3) is 0 Å². The molecule has 0 radical (unpaired) electrons. The highest BCUT2D eigenvalue weighted by Gasteiger charge is 2.70. The van der Waals surface area contributed by atoms with Crippen molar-refractivity contribution in [2.75, 3.05) is 0 Å². The number of Topliss-reactive ketones (excluding diaryl/α,β-unsaturated/α-hetero) is 1. The van der Waals surface area contributed by atoms with Gasteiger partial charge in [-0.15, -0.1) is 0 Å². The van der Waals surface area contributed by atoms with Gasteiger partial charge in [0, 0.05) is 29.2 Å². The molecule has 5 aliphatic carbocycles. The maximum Gasteiger partial charge on any atom is 0.321 e. The lowest BCUT2D eigenvalue weighted by molar-refractivity contribution is -0.168. The van der Waals surface area contributed by atoms with Crippen molar-refractivity contribution in [1.82, 2.24) is 5.32 Å². The molecule has 7 atom stereocenters. The molecule has 7 heteroatoms. The second kappa shape index (κ2) is 8.35. The summed E-state index contributed by atoms with van der Waals surface area (Å²) in [6.45, 7) is 15.3. The number of fused-ring (bicyclic) bond motifs is 7. The molecule has 0 aliphatic heterocycles. The third kappa shape index (κ3) is 3.69. The number of carbonyl (C=O) groups is 3. The highest BCUT2D eigenvalue weighted by atomic mass is 19.3. The van der Waals surface area contributed by atoms with E-state index in [9.17, 15) is 28.4 Å². The SMILES string of the molecule is CC1(C)CC[C@]2(NC(=O)C(C)(F)F)CC[C@]3(C)[C@@H](C(=O)C=C4[C@@]5(C)C=C(C#N)C(=O)C(C)(C)[C@@H]5CC[C@]43C)C2C1. The van der Waals surface area contributed by atoms with E-state index in [1.54, 1.807) is 6.08 Å². The molecule has 5 rings (SSSR count). The lowest BCUT2D eigenvalue weighted by atomic mass is 9.35. The molecule has 1 N–H and O–H groups in total. The highest BCUT2D eigenvalue weighted by molar-refractivity contribution is 6.04. The van der Waals surface area contributed by atoms with E-state index in [0.717, 1.165) is 24.8 Å². The third-order valence-electron chi connectivity index (χ3n) is 12.6. The number of alkyl halides is 2. The number of nitrogens with zero attached hydrogens (tertiary/aromatic N) is 1. The Morgan fingerprint density at radius 2 is 1.65 bits per heavy atom. The lowest BCUT2D eigenvalue weighted by Crippen LogP contribution is -2.70. The molecule has 5 nitrogen and oxygen atoms in total. The average Bonchev–Trinajstić information content (AvgIpc) is 2.83. The fourth-order valence-electron chi connectivity index (χ4n) is 10.2. The van der Waals surface area contributed by atoms with Crippen LogP contribution in [0.5, 0.6) is 0 Å². The normalized spacial score (nSPS) is 43.6. The van der Waals surface area contributed by atoms with E-state index < -0.39 is 44.9 Å². The smallest absolute Gasteiger partial charge is 0.321 e. The molecule has 40 heavy (non-hydrogen) atoms. The van der Waals surface area contributed by atoms with Gasteiger partial charge in [-0.3, -0.25) is 14.4 Å². The van der Waals surface area contributed by atoms with E-state index in [2.05, 4.69) is 46.0 Å². The van der Waals surface area contributed by atoms with E-state index in [1.165, 1.54) is 0 Å². The molecular weight excluding hydrogens is 510 g/mol. The fraction of sp³-hybridized carbons (Fsp3) is 0.758. The van der Waals surface area contributed by atoms with Crippen LogP contribution in [0.3, 0.4) is 0 Å². The standard InChI is InChI=1S/C33H44F2N2O3/c1-27(2)11-13-33(37-26(40)32(8,34)35)14-12-31(7)24(20(33)17-27)21(38)15-23-29(5)16-19(18-36)25(39)28(3,4)22(29)9-10-30(23,31)6/h15-16,20,22,24H,9-14,17H2,1-8H3,(H,37,40)/t20?,22-,24+,29-,30+,31+,33-/m0/s1. The molecule has 1 unspecified atom stereocenters. The van der Waals surface area contributed by atoms with Crippen molar-refractivity contribution in [3.05, 3.63) is 23.3 Å². The molecule has 0 aromatic heterocycles. The Bertz CT molecular complexity index is 1300. The average molecular weight is 555 g/mol. The van der Waals surface area contributed by atoms with E-state index in [-0.39, 0.29) is 34.4 Å². The van der Waals surface area contributed by atoms with Crippen LogP contribution in [0, 0.1) is 56.2 Å². The maximum absolute atomic E-state index is 14.4. The summed E-state index contributed by atoms with van der Waals surface area (Å²) in [5.74, 6) is -5.62. The van der Waals surface area contributed by atoms with E-state index in [0.29, 0.717) is 32.6 Å². The highest BCUT2D eigenvalue weighted by Crippen LogP contribution is 2.73. The number of amides is 1. The van der Waals surface area contributed by atoms with E-state index in [4.69, 9.17) is 0 Å². The van der Waals surface area contributed by atoms with Gasteiger partial charge >= 0.3 is 5.92 Å².